The van der Waals surface area contributed by atoms with Crippen LogP contribution in [0.15, 0.2) is 48.8 Å². The number of carbonyl (C=O) groups is 1. The van der Waals surface area contributed by atoms with Crippen molar-refractivity contribution < 1.29 is 22.7 Å². The van der Waals surface area contributed by atoms with Gasteiger partial charge in [0.15, 0.2) is 0 Å². The second-order valence-electron chi connectivity index (χ2n) is 7.07. The van der Waals surface area contributed by atoms with Crippen LogP contribution in [0.1, 0.15) is 29.5 Å². The molecule has 1 saturated heterocycles. The lowest BCUT2D eigenvalue weighted by atomic mass is 10.0. The molecule has 1 aromatic carbocycles. The van der Waals surface area contributed by atoms with Crippen LogP contribution in [0.5, 0.6) is 5.75 Å². The Labute approximate surface area is 172 Å². The zero-order valence-corrected chi connectivity index (χ0v) is 16.2. The van der Waals surface area contributed by atoms with E-state index in [4.69, 9.17) is 0 Å². The van der Waals surface area contributed by atoms with E-state index in [2.05, 4.69) is 15.0 Å². The van der Waals surface area contributed by atoms with Gasteiger partial charge in [0.2, 0.25) is 5.91 Å². The molecule has 2 aliphatic rings. The monoisotopic (exact) mass is 427 g/mol. The lowest BCUT2D eigenvalue weighted by molar-refractivity contribution is -0.274. The van der Waals surface area contributed by atoms with Crippen molar-refractivity contribution in [3.05, 3.63) is 59.9 Å². The van der Waals surface area contributed by atoms with E-state index in [-0.39, 0.29) is 41.9 Å². The number of aromatic nitrogens is 1. The SMILES string of the molecule is Cl.O=C(C1CC1c1ccccc1OC(F)(F)F)N1CCNCC1c1cccnc1. The molecular weight excluding hydrogens is 407 g/mol. The third-order valence-electron chi connectivity index (χ3n) is 5.25. The normalized spacial score (nSPS) is 23.8. The Hall–Kier alpha value is -2.32. The van der Waals surface area contributed by atoms with Gasteiger partial charge < -0.3 is 15.0 Å². The van der Waals surface area contributed by atoms with E-state index in [9.17, 15) is 18.0 Å². The maximum Gasteiger partial charge on any atom is 0.573 e. The summed E-state index contributed by atoms with van der Waals surface area (Å²) < 4.78 is 42.2. The standard InChI is InChI=1S/C20H20F3N3O2.ClH/c21-20(22,23)28-18-6-2-1-5-14(18)15-10-16(15)19(27)26-9-8-25-12-17(26)13-4-3-7-24-11-13;/h1-7,11,15-17,25H,8-10,12H2;1H. The number of benzene rings is 1. The number of alkyl halides is 3. The van der Waals surface area contributed by atoms with Crippen LogP contribution in [0.3, 0.4) is 0 Å². The maximum absolute atomic E-state index is 13.1. The predicted octanol–water partition coefficient (Wildman–Crippen LogP) is 3.68. The summed E-state index contributed by atoms with van der Waals surface area (Å²) in [7, 11) is 0. The van der Waals surface area contributed by atoms with Crippen molar-refractivity contribution in [3.63, 3.8) is 0 Å². The number of hydrogen-bond donors (Lipinski definition) is 1. The summed E-state index contributed by atoms with van der Waals surface area (Å²) >= 11 is 0. The van der Waals surface area contributed by atoms with Crippen molar-refractivity contribution in [1.82, 2.24) is 15.2 Å². The third kappa shape index (κ3) is 4.82. The average Bonchev–Trinajstić information content (AvgIpc) is 3.48. The second-order valence-corrected chi connectivity index (χ2v) is 7.07. The Morgan fingerprint density at radius 2 is 2.00 bits per heavy atom. The van der Waals surface area contributed by atoms with Crippen molar-refractivity contribution >= 4 is 18.3 Å². The number of amides is 1. The molecule has 156 valence electrons. The van der Waals surface area contributed by atoms with Crippen molar-refractivity contribution in [1.29, 1.82) is 0 Å². The molecule has 1 saturated carbocycles. The molecule has 1 amide bonds. The van der Waals surface area contributed by atoms with Gasteiger partial charge in [0.05, 0.1) is 6.04 Å². The molecule has 0 radical (unpaired) electrons. The predicted molar refractivity (Wildman–Crippen MR) is 103 cm³/mol. The molecule has 1 aliphatic heterocycles. The van der Waals surface area contributed by atoms with Crippen LogP contribution >= 0.6 is 12.4 Å². The van der Waals surface area contributed by atoms with Crippen LogP contribution in [0.4, 0.5) is 13.2 Å². The number of carbonyl (C=O) groups excluding carboxylic acids is 1. The van der Waals surface area contributed by atoms with Crippen molar-refractivity contribution in [2.75, 3.05) is 19.6 Å². The second kappa shape index (κ2) is 8.59. The Morgan fingerprint density at radius 1 is 1.21 bits per heavy atom. The molecule has 1 aliphatic carbocycles. The Bertz CT molecular complexity index is 850. The number of hydrogen-bond acceptors (Lipinski definition) is 4. The molecule has 0 spiro atoms. The fourth-order valence-electron chi connectivity index (χ4n) is 3.87. The number of nitrogens with zero attached hydrogens (tertiary/aromatic N) is 2. The average molecular weight is 428 g/mol. The summed E-state index contributed by atoms with van der Waals surface area (Å²) in [5.74, 6) is -0.827. The first kappa shape index (κ1) is 21.4. The number of pyridine rings is 1. The highest BCUT2D eigenvalue weighted by Gasteiger charge is 2.49. The van der Waals surface area contributed by atoms with Gasteiger partial charge in [-0.05, 0) is 35.6 Å². The summed E-state index contributed by atoms with van der Waals surface area (Å²) in [4.78, 5) is 19.1. The molecule has 29 heavy (non-hydrogen) atoms. The minimum atomic E-state index is -4.76. The third-order valence-corrected chi connectivity index (χ3v) is 5.25. The summed E-state index contributed by atoms with van der Waals surface area (Å²) in [5.41, 5.74) is 1.38. The van der Waals surface area contributed by atoms with E-state index in [0.29, 0.717) is 31.6 Å². The molecule has 3 unspecified atom stereocenters. The Balaban J connectivity index is 0.00000240. The van der Waals surface area contributed by atoms with Gasteiger partial charge in [-0.15, -0.1) is 25.6 Å². The van der Waals surface area contributed by atoms with E-state index in [1.165, 1.54) is 12.1 Å². The van der Waals surface area contributed by atoms with E-state index in [1.807, 2.05) is 17.0 Å². The molecule has 0 bridgehead atoms. The minimum Gasteiger partial charge on any atom is -0.405 e. The summed E-state index contributed by atoms with van der Waals surface area (Å²) in [6, 6.07) is 9.71. The smallest absolute Gasteiger partial charge is 0.405 e. The van der Waals surface area contributed by atoms with Gasteiger partial charge in [-0.2, -0.15) is 0 Å². The largest absolute Gasteiger partial charge is 0.573 e. The fraction of sp³-hybridized carbons (Fsp3) is 0.400. The topological polar surface area (TPSA) is 54.5 Å². The molecule has 2 fully saturated rings. The number of ether oxygens (including phenoxy) is 1. The van der Waals surface area contributed by atoms with Crippen molar-refractivity contribution in [3.8, 4) is 5.75 Å². The van der Waals surface area contributed by atoms with Crippen LogP contribution in [0, 0.1) is 5.92 Å². The van der Waals surface area contributed by atoms with Crippen LogP contribution in [0.25, 0.3) is 0 Å². The Kier molecular flexibility index (Phi) is 6.33. The number of piperazine rings is 1. The molecule has 4 rings (SSSR count). The molecule has 3 atom stereocenters. The summed E-state index contributed by atoms with van der Waals surface area (Å²) in [6.07, 6.45) is -0.801. The van der Waals surface area contributed by atoms with Crippen LogP contribution in [-0.4, -0.2) is 41.8 Å². The van der Waals surface area contributed by atoms with E-state index in [0.717, 1.165) is 5.56 Å². The highest BCUT2D eigenvalue weighted by Crippen LogP contribution is 2.52. The fourth-order valence-corrected chi connectivity index (χ4v) is 3.87. The van der Waals surface area contributed by atoms with Gasteiger partial charge in [0, 0.05) is 37.9 Å². The van der Waals surface area contributed by atoms with Crippen LogP contribution < -0.4 is 10.1 Å². The van der Waals surface area contributed by atoms with Gasteiger partial charge in [-0.3, -0.25) is 9.78 Å². The van der Waals surface area contributed by atoms with E-state index >= 15 is 0 Å². The maximum atomic E-state index is 13.1. The summed E-state index contributed by atoms with van der Waals surface area (Å²) in [5, 5.41) is 3.29. The molecule has 2 heterocycles. The minimum absolute atomic E-state index is 0. The summed E-state index contributed by atoms with van der Waals surface area (Å²) in [6.45, 7) is 1.87. The quantitative estimate of drug-likeness (QED) is 0.808. The number of halogens is 4. The first-order valence-corrected chi connectivity index (χ1v) is 9.20. The lowest BCUT2D eigenvalue weighted by Gasteiger charge is -2.36. The zero-order valence-electron chi connectivity index (χ0n) is 15.4. The van der Waals surface area contributed by atoms with Crippen LogP contribution in [-0.2, 0) is 4.79 Å². The van der Waals surface area contributed by atoms with Gasteiger partial charge >= 0.3 is 6.36 Å². The van der Waals surface area contributed by atoms with E-state index in [1.54, 1.807) is 24.5 Å². The molecule has 2 aromatic rings. The van der Waals surface area contributed by atoms with Crippen molar-refractivity contribution in [2.45, 2.75) is 24.7 Å². The van der Waals surface area contributed by atoms with E-state index < -0.39 is 6.36 Å². The Morgan fingerprint density at radius 3 is 2.72 bits per heavy atom. The number of rotatable bonds is 4. The van der Waals surface area contributed by atoms with Crippen LogP contribution in [0.2, 0.25) is 0 Å². The van der Waals surface area contributed by atoms with Crippen molar-refractivity contribution in [2.24, 2.45) is 5.92 Å². The van der Waals surface area contributed by atoms with Gasteiger partial charge in [-0.25, -0.2) is 0 Å². The molecule has 1 aromatic heterocycles. The first-order valence-electron chi connectivity index (χ1n) is 9.20. The molecule has 5 nitrogen and oxygen atoms in total. The highest BCUT2D eigenvalue weighted by atomic mass is 35.5. The number of nitrogens with one attached hydrogen (secondary N) is 1. The molecular formula is C20H21ClF3N3O2. The van der Waals surface area contributed by atoms with Gasteiger partial charge in [0.1, 0.15) is 5.75 Å². The number of para-hydroxylation sites is 1. The van der Waals surface area contributed by atoms with Gasteiger partial charge in [0.25, 0.3) is 0 Å². The molecule has 1 N–H and O–H groups in total. The zero-order chi connectivity index (χ0) is 19.7. The highest BCUT2D eigenvalue weighted by molar-refractivity contribution is 5.85. The first-order chi connectivity index (χ1) is 13.4. The van der Waals surface area contributed by atoms with Gasteiger partial charge in [-0.1, -0.05) is 24.3 Å². The lowest BCUT2D eigenvalue weighted by Crippen LogP contribution is -2.49. The molecule has 9 heteroatoms.